The van der Waals surface area contributed by atoms with Crippen molar-refractivity contribution in [1.29, 1.82) is 0 Å². The third-order valence-corrected chi connectivity index (χ3v) is 7.32. The molecule has 188 valence electrons. The van der Waals surface area contributed by atoms with Crippen molar-refractivity contribution in [3.05, 3.63) is 111 Å². The maximum atomic E-state index is 12.5. The van der Waals surface area contributed by atoms with Crippen LogP contribution in [0, 0.1) is 12.8 Å². The Labute approximate surface area is 217 Å². The topological polar surface area (TPSA) is 74.7 Å². The first-order chi connectivity index (χ1) is 17.8. The van der Waals surface area contributed by atoms with Crippen LogP contribution in [0.1, 0.15) is 49.4 Å². The first kappa shape index (κ1) is 24.7. The third-order valence-electron chi connectivity index (χ3n) is 7.32. The molecule has 0 spiro atoms. The number of H-pyrrole nitrogens is 1. The van der Waals surface area contributed by atoms with E-state index in [-0.39, 0.29) is 5.56 Å². The van der Waals surface area contributed by atoms with Crippen molar-refractivity contribution in [3.63, 3.8) is 0 Å². The van der Waals surface area contributed by atoms with E-state index < -0.39 is 5.60 Å². The quantitative estimate of drug-likeness (QED) is 0.313. The van der Waals surface area contributed by atoms with E-state index in [1.54, 1.807) is 12.3 Å². The summed E-state index contributed by atoms with van der Waals surface area (Å²) in [6.07, 6.45) is 4.64. The lowest BCUT2D eigenvalue weighted by atomic mass is 9.79. The molecule has 1 aliphatic heterocycles. The highest BCUT2D eigenvalue weighted by Crippen LogP contribution is 2.41. The van der Waals surface area contributed by atoms with E-state index in [9.17, 15) is 9.90 Å². The van der Waals surface area contributed by atoms with E-state index in [2.05, 4.69) is 29.9 Å². The molecule has 0 fully saturated rings. The van der Waals surface area contributed by atoms with E-state index >= 15 is 0 Å². The lowest BCUT2D eigenvalue weighted by molar-refractivity contribution is 0.120. The van der Waals surface area contributed by atoms with Crippen LogP contribution in [0.5, 0.6) is 5.75 Å². The second-order valence-electron chi connectivity index (χ2n) is 9.98. The van der Waals surface area contributed by atoms with Gasteiger partial charge in [0, 0.05) is 29.4 Å². The predicted molar refractivity (Wildman–Crippen MR) is 150 cm³/mol. The van der Waals surface area contributed by atoms with E-state index in [0.717, 1.165) is 34.1 Å². The summed E-state index contributed by atoms with van der Waals surface area (Å²) in [5, 5.41) is 13.4. The average Bonchev–Trinajstić information content (AvgIpc) is 2.91. The molecule has 2 atom stereocenters. The number of aromatic amines is 1. The van der Waals surface area contributed by atoms with Crippen LogP contribution in [0.25, 0.3) is 22.0 Å². The largest absolute Gasteiger partial charge is 0.489 e. The fraction of sp³-hybridized carbons (Fsp3) is 0.250. The van der Waals surface area contributed by atoms with Gasteiger partial charge in [-0.3, -0.25) is 9.79 Å². The van der Waals surface area contributed by atoms with Gasteiger partial charge in [0.05, 0.1) is 0 Å². The number of ether oxygens (including phenoxy) is 1. The molecule has 5 rings (SSSR count). The molecule has 3 aromatic carbocycles. The maximum Gasteiger partial charge on any atom is 0.249 e. The molecule has 2 N–H and O–H groups in total. The molecule has 6 bridgehead atoms. The van der Waals surface area contributed by atoms with Crippen LogP contribution in [0.15, 0.2) is 88.3 Å². The van der Waals surface area contributed by atoms with Gasteiger partial charge in [-0.15, -0.1) is 0 Å². The molecule has 5 nitrogen and oxygen atoms in total. The fourth-order valence-corrected chi connectivity index (χ4v) is 4.81. The van der Waals surface area contributed by atoms with Gasteiger partial charge >= 0.3 is 0 Å². The number of nitrogens with one attached hydrogen (secondary N) is 1. The monoisotopic (exact) mass is 492 g/mol. The molecule has 0 amide bonds. The molecule has 4 aromatic rings. The van der Waals surface area contributed by atoms with Crippen molar-refractivity contribution >= 4 is 17.1 Å². The molecule has 37 heavy (non-hydrogen) atoms. The fourth-order valence-electron chi connectivity index (χ4n) is 4.81. The Balaban J connectivity index is 1.82. The smallest absolute Gasteiger partial charge is 0.249 e. The van der Waals surface area contributed by atoms with Crippen LogP contribution < -0.4 is 10.3 Å². The molecule has 5 heteroatoms. The lowest BCUT2D eigenvalue weighted by Crippen LogP contribution is -2.29. The van der Waals surface area contributed by atoms with Gasteiger partial charge in [-0.2, -0.15) is 0 Å². The van der Waals surface area contributed by atoms with Crippen LogP contribution in [0.2, 0.25) is 0 Å². The van der Waals surface area contributed by atoms with Crippen LogP contribution in [-0.2, 0) is 12.2 Å². The molecular weight excluding hydrogens is 460 g/mol. The van der Waals surface area contributed by atoms with Crippen LogP contribution in [-0.4, -0.2) is 16.3 Å². The number of aliphatic hydroxyl groups is 1. The zero-order chi connectivity index (χ0) is 26.2. The number of hydrogen-bond donors (Lipinski definition) is 2. The van der Waals surface area contributed by atoms with Gasteiger partial charge in [0.2, 0.25) is 5.56 Å². The van der Waals surface area contributed by atoms with Gasteiger partial charge in [-0.1, -0.05) is 50.2 Å². The van der Waals surface area contributed by atoms with E-state index in [4.69, 9.17) is 4.74 Å². The van der Waals surface area contributed by atoms with Gasteiger partial charge in [-0.05, 0) is 89.4 Å². The SMILES string of the molecule is CCC(C)C=N/C=C(\C)C1(O)c2ccc(C)c(c2)OCc2cccc(c2)-c2cc(=O)[nH]c3ccc1cc23. The minimum absolute atomic E-state index is 0.172. The number of pyridine rings is 1. The highest BCUT2D eigenvalue weighted by Gasteiger charge is 2.35. The van der Waals surface area contributed by atoms with Crippen molar-refractivity contribution in [2.24, 2.45) is 10.9 Å². The average molecular weight is 493 g/mol. The zero-order valence-electron chi connectivity index (χ0n) is 21.7. The molecular formula is C32H32N2O3. The summed E-state index contributed by atoms with van der Waals surface area (Å²) >= 11 is 0. The second-order valence-corrected chi connectivity index (χ2v) is 9.98. The maximum absolute atomic E-state index is 12.5. The van der Waals surface area contributed by atoms with E-state index in [1.165, 1.54) is 0 Å². The third kappa shape index (κ3) is 4.63. The van der Waals surface area contributed by atoms with Gasteiger partial charge in [-0.25, -0.2) is 0 Å². The predicted octanol–water partition coefficient (Wildman–Crippen LogP) is 6.65. The minimum atomic E-state index is -1.47. The van der Waals surface area contributed by atoms with Crippen molar-refractivity contribution < 1.29 is 9.84 Å². The Morgan fingerprint density at radius 2 is 1.92 bits per heavy atom. The van der Waals surface area contributed by atoms with Crippen LogP contribution in [0.3, 0.4) is 0 Å². The Morgan fingerprint density at radius 1 is 1.14 bits per heavy atom. The summed E-state index contributed by atoms with van der Waals surface area (Å²) in [7, 11) is 0. The highest BCUT2D eigenvalue weighted by molar-refractivity contribution is 5.95. The number of aliphatic imine (C=N–C) groups is 1. The number of fused-ring (bicyclic) bond motifs is 6. The number of nitrogens with zero attached hydrogens (tertiary/aromatic N) is 1. The molecule has 0 radical (unpaired) electrons. The summed E-state index contributed by atoms with van der Waals surface area (Å²) in [5.41, 5.74) is 4.85. The first-order valence-electron chi connectivity index (χ1n) is 12.7. The summed E-state index contributed by atoms with van der Waals surface area (Å²) in [6, 6.07) is 21.2. The van der Waals surface area contributed by atoms with Crippen molar-refractivity contribution in [1.82, 2.24) is 4.98 Å². The highest BCUT2D eigenvalue weighted by atomic mass is 16.5. The Kier molecular flexibility index (Phi) is 6.57. The number of hydrogen-bond acceptors (Lipinski definition) is 4. The van der Waals surface area contributed by atoms with Crippen molar-refractivity contribution in [2.45, 2.75) is 46.3 Å². The Hall–Kier alpha value is -3.96. The first-order valence-corrected chi connectivity index (χ1v) is 12.7. The van der Waals surface area contributed by atoms with Gasteiger partial charge < -0.3 is 14.8 Å². The number of aromatic nitrogens is 1. The van der Waals surface area contributed by atoms with Crippen molar-refractivity contribution in [3.8, 4) is 16.9 Å². The Morgan fingerprint density at radius 3 is 2.73 bits per heavy atom. The van der Waals surface area contributed by atoms with Gasteiger partial charge in [0.25, 0.3) is 0 Å². The summed E-state index contributed by atoms with van der Waals surface area (Å²) in [6.45, 7) is 8.50. The zero-order valence-corrected chi connectivity index (χ0v) is 21.7. The molecule has 1 aromatic heterocycles. The molecule has 1 aliphatic rings. The molecule has 2 heterocycles. The van der Waals surface area contributed by atoms with Crippen LogP contribution >= 0.6 is 0 Å². The lowest BCUT2D eigenvalue weighted by Gasteiger charge is -2.31. The summed E-state index contributed by atoms with van der Waals surface area (Å²) < 4.78 is 6.26. The normalized spacial score (nSPS) is 18.2. The van der Waals surface area contributed by atoms with E-state index in [1.807, 2.05) is 74.7 Å². The number of benzene rings is 3. The van der Waals surface area contributed by atoms with E-state index in [0.29, 0.717) is 40.5 Å². The Bertz CT molecular complexity index is 1600. The van der Waals surface area contributed by atoms with Crippen molar-refractivity contribution in [2.75, 3.05) is 0 Å². The van der Waals surface area contributed by atoms with Gasteiger partial charge in [0.15, 0.2) is 0 Å². The minimum Gasteiger partial charge on any atom is -0.489 e. The molecule has 0 saturated carbocycles. The van der Waals surface area contributed by atoms with Gasteiger partial charge in [0.1, 0.15) is 18.0 Å². The summed E-state index contributed by atoms with van der Waals surface area (Å²) in [5.74, 6) is 1.05. The number of rotatable bonds is 4. The second kappa shape index (κ2) is 9.83. The molecule has 0 saturated heterocycles. The molecule has 0 aliphatic carbocycles. The molecule has 2 unspecified atom stereocenters. The summed E-state index contributed by atoms with van der Waals surface area (Å²) in [4.78, 5) is 20.0. The van der Waals surface area contributed by atoms with Crippen LogP contribution in [0.4, 0.5) is 0 Å². The number of aryl methyl sites for hydroxylation is 1. The standard InChI is InChI=1S/C32H32N2O3/c1-5-20(2)17-33-18-22(4)32(36)25-11-12-29-28(14-25)27(16-31(35)34-29)24-8-6-7-23(13-24)19-37-30-15-26(32)10-9-21(30)3/h6-18,20,36H,5,19H2,1-4H3,(H,34,35)/b22-18+,33-17?.